The minimum atomic E-state index is -3.86. The number of hydrogen-bond donors (Lipinski definition) is 2. The highest BCUT2D eigenvalue weighted by Crippen LogP contribution is 2.25. The molecule has 1 amide bonds. The van der Waals surface area contributed by atoms with Crippen LogP contribution in [0.1, 0.15) is 18.9 Å². The third-order valence-electron chi connectivity index (χ3n) is 4.33. The summed E-state index contributed by atoms with van der Waals surface area (Å²) in [6.07, 6.45) is 0.104. The van der Waals surface area contributed by atoms with Crippen LogP contribution in [0.25, 0.3) is 0 Å². The number of likely N-dealkylation sites (N-methyl/N-ethyl adjacent to an activating group) is 1. The maximum atomic E-state index is 12.5. The quantitative estimate of drug-likeness (QED) is 0.715. The molecule has 0 aliphatic heterocycles. The molecule has 0 aliphatic rings. The van der Waals surface area contributed by atoms with Gasteiger partial charge in [0.05, 0.1) is 11.4 Å². The summed E-state index contributed by atoms with van der Waals surface area (Å²) in [5, 5.41) is 12.3. The van der Waals surface area contributed by atoms with E-state index < -0.39 is 34.0 Å². The molecule has 27 heavy (non-hydrogen) atoms. The highest BCUT2D eigenvalue weighted by atomic mass is 32.2. The Kier molecular flexibility index (Phi) is 6.35. The molecule has 2 N–H and O–H groups in total. The van der Waals surface area contributed by atoms with Crippen LogP contribution in [0.5, 0.6) is 0 Å². The summed E-state index contributed by atoms with van der Waals surface area (Å²) in [6, 6.07) is 16.1. The van der Waals surface area contributed by atoms with Crippen LogP contribution in [0.15, 0.2) is 65.6 Å². The number of sulfonamides is 1. The summed E-state index contributed by atoms with van der Waals surface area (Å²) in [5.41, 5.74) is -1.21. The molecule has 0 radical (unpaired) electrons. The average molecular weight is 390 g/mol. The van der Waals surface area contributed by atoms with Crippen LogP contribution in [0.4, 0.5) is 0 Å². The molecule has 0 bridgehead atoms. The van der Waals surface area contributed by atoms with Crippen LogP contribution >= 0.6 is 0 Å². The van der Waals surface area contributed by atoms with Crippen LogP contribution in [0.3, 0.4) is 0 Å². The Morgan fingerprint density at radius 1 is 1.04 bits per heavy atom. The Labute approximate surface area is 158 Å². The Bertz CT molecular complexity index is 900. The lowest BCUT2D eigenvalue weighted by Gasteiger charge is -2.30. The predicted octanol–water partition coefficient (Wildman–Crippen LogP) is 1.81. The molecule has 2 rings (SSSR count). The maximum Gasteiger partial charge on any atom is 0.334 e. The summed E-state index contributed by atoms with van der Waals surface area (Å²) in [5.74, 6) is -1.91. The minimum absolute atomic E-state index is 0.0587. The molecule has 8 heteroatoms. The Hall–Kier alpha value is -2.71. The van der Waals surface area contributed by atoms with E-state index in [2.05, 4.69) is 5.32 Å². The molecule has 1 unspecified atom stereocenters. The van der Waals surface area contributed by atoms with E-state index in [9.17, 15) is 23.1 Å². The fourth-order valence-corrected chi connectivity index (χ4v) is 3.90. The van der Waals surface area contributed by atoms with Crippen molar-refractivity contribution in [1.29, 1.82) is 0 Å². The summed E-state index contributed by atoms with van der Waals surface area (Å²) in [7, 11) is -2.58. The van der Waals surface area contributed by atoms with Crippen molar-refractivity contribution in [2.75, 3.05) is 13.6 Å². The van der Waals surface area contributed by atoms with Gasteiger partial charge >= 0.3 is 5.97 Å². The number of benzene rings is 2. The molecule has 1 atom stereocenters. The monoisotopic (exact) mass is 390 g/mol. The fraction of sp³-hybridized carbons (Fsp3) is 0.263. The van der Waals surface area contributed by atoms with E-state index in [1.54, 1.807) is 55.5 Å². The number of aliphatic carboxylic acids is 1. The number of nitrogens with zero attached hydrogens (tertiary/aromatic N) is 1. The smallest absolute Gasteiger partial charge is 0.334 e. The number of carboxylic acid groups (broad SMARTS) is 1. The first-order valence-electron chi connectivity index (χ1n) is 8.35. The van der Waals surface area contributed by atoms with Crippen LogP contribution < -0.4 is 5.32 Å². The van der Waals surface area contributed by atoms with E-state index in [1.165, 1.54) is 19.2 Å². The zero-order chi connectivity index (χ0) is 20.1. The van der Waals surface area contributed by atoms with E-state index in [0.717, 1.165) is 4.31 Å². The normalized spacial score (nSPS) is 13.7. The standard InChI is InChI=1S/C19H22N2O5S/c1-3-19(18(23)24,15-10-6-4-7-11-15)20-17(22)14-21(2)27(25,26)16-12-8-5-9-13-16/h4-13H,3,14H2,1-2H3,(H,20,22)(H,23,24). The maximum absolute atomic E-state index is 12.5. The van der Waals surface area contributed by atoms with Gasteiger partial charge in [-0.25, -0.2) is 13.2 Å². The van der Waals surface area contributed by atoms with Crippen molar-refractivity contribution < 1.29 is 23.1 Å². The first kappa shape index (κ1) is 20.6. The Morgan fingerprint density at radius 3 is 2.04 bits per heavy atom. The predicted molar refractivity (Wildman–Crippen MR) is 100 cm³/mol. The van der Waals surface area contributed by atoms with Crippen molar-refractivity contribution in [3.63, 3.8) is 0 Å². The van der Waals surface area contributed by atoms with Gasteiger partial charge in [-0.1, -0.05) is 55.5 Å². The molecule has 144 valence electrons. The van der Waals surface area contributed by atoms with Crippen molar-refractivity contribution in [2.24, 2.45) is 0 Å². The van der Waals surface area contributed by atoms with Crippen molar-refractivity contribution >= 4 is 21.9 Å². The van der Waals surface area contributed by atoms with E-state index in [0.29, 0.717) is 5.56 Å². The van der Waals surface area contributed by atoms with Crippen LogP contribution in [0, 0.1) is 0 Å². The molecule has 0 fully saturated rings. The fourth-order valence-electron chi connectivity index (χ4n) is 2.75. The van der Waals surface area contributed by atoms with Crippen molar-refractivity contribution in [2.45, 2.75) is 23.8 Å². The van der Waals surface area contributed by atoms with E-state index in [1.807, 2.05) is 0 Å². The molecule has 2 aromatic rings. The molecule has 2 aromatic carbocycles. The number of carbonyl (C=O) groups excluding carboxylic acids is 1. The van der Waals surface area contributed by atoms with Crippen LogP contribution in [-0.2, 0) is 25.2 Å². The van der Waals surface area contributed by atoms with Gasteiger partial charge in [-0.15, -0.1) is 0 Å². The molecular weight excluding hydrogens is 368 g/mol. The second kappa shape index (κ2) is 8.32. The molecule has 0 saturated carbocycles. The van der Waals surface area contributed by atoms with Gasteiger partial charge in [-0.2, -0.15) is 4.31 Å². The number of hydrogen-bond acceptors (Lipinski definition) is 4. The van der Waals surface area contributed by atoms with Crippen LogP contribution in [0.2, 0.25) is 0 Å². The highest BCUT2D eigenvalue weighted by molar-refractivity contribution is 7.89. The second-order valence-corrected chi connectivity index (χ2v) is 8.10. The van der Waals surface area contributed by atoms with Gasteiger partial charge in [0, 0.05) is 7.05 Å². The van der Waals surface area contributed by atoms with Gasteiger partial charge in [0.1, 0.15) is 0 Å². The van der Waals surface area contributed by atoms with Crippen molar-refractivity contribution in [3.05, 3.63) is 66.2 Å². The first-order valence-corrected chi connectivity index (χ1v) is 9.79. The van der Waals surface area contributed by atoms with E-state index >= 15 is 0 Å². The zero-order valence-electron chi connectivity index (χ0n) is 15.1. The number of amides is 1. The molecular formula is C19H22N2O5S. The first-order chi connectivity index (χ1) is 12.7. The Morgan fingerprint density at radius 2 is 1.56 bits per heavy atom. The van der Waals surface area contributed by atoms with Gasteiger partial charge in [0.25, 0.3) is 0 Å². The average Bonchev–Trinajstić information content (AvgIpc) is 2.67. The number of carbonyl (C=O) groups is 2. The van der Waals surface area contributed by atoms with Crippen molar-refractivity contribution in [3.8, 4) is 0 Å². The lowest BCUT2D eigenvalue weighted by molar-refractivity contribution is -0.148. The molecule has 0 heterocycles. The SMILES string of the molecule is CCC(NC(=O)CN(C)S(=O)(=O)c1ccccc1)(C(=O)O)c1ccccc1. The molecule has 0 spiro atoms. The topological polar surface area (TPSA) is 104 Å². The lowest BCUT2D eigenvalue weighted by Crippen LogP contribution is -2.54. The molecule has 7 nitrogen and oxygen atoms in total. The molecule has 0 aromatic heterocycles. The lowest BCUT2D eigenvalue weighted by atomic mass is 9.87. The third-order valence-corrected chi connectivity index (χ3v) is 6.15. The molecule has 0 aliphatic carbocycles. The van der Waals surface area contributed by atoms with Gasteiger partial charge in [-0.3, -0.25) is 4.79 Å². The summed E-state index contributed by atoms with van der Waals surface area (Å²) >= 11 is 0. The number of carboxylic acids is 1. The zero-order valence-corrected chi connectivity index (χ0v) is 15.9. The summed E-state index contributed by atoms with van der Waals surface area (Å²) in [4.78, 5) is 24.5. The number of rotatable bonds is 8. The van der Waals surface area contributed by atoms with Gasteiger partial charge in [-0.05, 0) is 24.1 Å². The van der Waals surface area contributed by atoms with Gasteiger partial charge in [0.15, 0.2) is 5.54 Å². The van der Waals surface area contributed by atoms with E-state index in [4.69, 9.17) is 0 Å². The van der Waals surface area contributed by atoms with Gasteiger partial charge < -0.3 is 10.4 Å². The highest BCUT2D eigenvalue weighted by Gasteiger charge is 2.40. The number of nitrogens with one attached hydrogen (secondary N) is 1. The van der Waals surface area contributed by atoms with E-state index in [-0.39, 0.29) is 11.3 Å². The van der Waals surface area contributed by atoms with Gasteiger partial charge in [0.2, 0.25) is 15.9 Å². The molecule has 0 saturated heterocycles. The minimum Gasteiger partial charge on any atom is -0.479 e. The summed E-state index contributed by atoms with van der Waals surface area (Å²) < 4.78 is 26.0. The second-order valence-electron chi connectivity index (χ2n) is 6.05. The largest absolute Gasteiger partial charge is 0.479 e. The Balaban J connectivity index is 2.23. The summed E-state index contributed by atoms with van der Waals surface area (Å²) in [6.45, 7) is 1.14. The third kappa shape index (κ3) is 4.35. The van der Waals surface area contributed by atoms with Crippen molar-refractivity contribution in [1.82, 2.24) is 9.62 Å². The van der Waals surface area contributed by atoms with Crippen LogP contribution in [-0.4, -0.2) is 43.3 Å².